The van der Waals surface area contributed by atoms with Gasteiger partial charge in [-0.25, -0.2) is 4.39 Å². The van der Waals surface area contributed by atoms with E-state index in [1.807, 2.05) is 60.6 Å². The van der Waals surface area contributed by atoms with Gasteiger partial charge in [0.15, 0.2) is 0 Å². The number of allylic oxidation sites excluding steroid dienone is 1. The number of H-pyrrole nitrogens is 1. The van der Waals surface area contributed by atoms with Crippen LogP contribution in [-0.2, 0) is 16.0 Å². The average molecular weight is 615 g/mol. The number of aryl methyl sites for hydroxylation is 2. The Morgan fingerprint density at radius 2 is 1.81 bits per heavy atom. The van der Waals surface area contributed by atoms with Crippen molar-refractivity contribution in [3.05, 3.63) is 76.0 Å². The molecule has 1 unspecified atom stereocenters. The Bertz CT molecular complexity index is 1160. The highest BCUT2D eigenvalue weighted by Gasteiger charge is 2.27. The van der Waals surface area contributed by atoms with Crippen molar-refractivity contribution in [2.24, 2.45) is 0 Å². The maximum absolute atomic E-state index is 12.2. The van der Waals surface area contributed by atoms with Crippen molar-refractivity contribution in [2.45, 2.75) is 79.8 Å². The Morgan fingerprint density at radius 1 is 1.21 bits per heavy atom. The van der Waals surface area contributed by atoms with Crippen LogP contribution in [0.1, 0.15) is 76.9 Å². The first-order chi connectivity index (χ1) is 20.7. The van der Waals surface area contributed by atoms with E-state index in [-0.39, 0.29) is 11.9 Å². The van der Waals surface area contributed by atoms with Crippen molar-refractivity contribution >= 4 is 24.1 Å². The van der Waals surface area contributed by atoms with Gasteiger partial charge >= 0.3 is 0 Å². The number of benzene rings is 1. The standard InChI is InChI=1S/C14H25N3O2.C11H12ClN.C8H9F.C2H6/c1-12(15-11-18)13(2)16-5-3-14(4-6-16)17-7-9-19-10-8-17;1-4-5-11-10(6-8(2)12)7-9(3)13-11;1-2-7-3-5-8(9)6-4-7;1-2/h11-12,14H,2-10H2,1H3,(H,15,18);6-7,13H,1-3H3;3-6H,2H2,1H3;1-2H3/b;8-6+;;. The molecule has 2 saturated heterocycles. The number of carbonyl (C=O) groups is 1. The second kappa shape index (κ2) is 21.6. The number of piperidine rings is 1. The minimum absolute atomic E-state index is 0.0254. The summed E-state index contributed by atoms with van der Waals surface area (Å²) >= 11 is 5.79. The molecule has 0 aliphatic carbocycles. The number of aromatic amines is 1. The number of ether oxygens (including phenoxy) is 1. The number of hydrogen-bond acceptors (Lipinski definition) is 4. The first-order valence-corrected chi connectivity index (χ1v) is 15.7. The summed E-state index contributed by atoms with van der Waals surface area (Å²) in [5, 5.41) is 3.53. The van der Waals surface area contributed by atoms with Crippen LogP contribution in [0.15, 0.2) is 47.6 Å². The Labute approximate surface area is 264 Å². The zero-order chi connectivity index (χ0) is 32.2. The molecule has 8 heteroatoms. The van der Waals surface area contributed by atoms with Crippen molar-refractivity contribution in [1.82, 2.24) is 20.1 Å². The van der Waals surface area contributed by atoms with E-state index in [4.69, 9.17) is 16.3 Å². The topological polar surface area (TPSA) is 60.6 Å². The summed E-state index contributed by atoms with van der Waals surface area (Å²) in [6.45, 7) is 23.7. The second-order valence-electron chi connectivity index (χ2n) is 10.2. The molecule has 2 N–H and O–H groups in total. The summed E-state index contributed by atoms with van der Waals surface area (Å²) in [5.74, 6) is 5.69. The number of morpholine rings is 1. The summed E-state index contributed by atoms with van der Waals surface area (Å²) in [6, 6.07) is 9.31. The van der Waals surface area contributed by atoms with Gasteiger partial charge in [-0.2, -0.15) is 0 Å². The highest BCUT2D eigenvalue weighted by molar-refractivity contribution is 6.31. The molecule has 0 spiro atoms. The van der Waals surface area contributed by atoms with E-state index in [0.717, 1.165) is 79.9 Å². The lowest BCUT2D eigenvalue weighted by Crippen LogP contribution is -2.49. The summed E-state index contributed by atoms with van der Waals surface area (Å²) in [5.41, 5.74) is 5.28. The van der Waals surface area contributed by atoms with E-state index in [1.165, 1.54) is 30.5 Å². The van der Waals surface area contributed by atoms with Crippen molar-refractivity contribution in [3.8, 4) is 11.8 Å². The molecule has 2 aliphatic heterocycles. The predicted octanol–water partition coefficient (Wildman–Crippen LogP) is 7.14. The highest BCUT2D eigenvalue weighted by Crippen LogP contribution is 2.21. The fourth-order valence-corrected chi connectivity index (χ4v) is 4.94. The molecule has 4 rings (SSSR count). The monoisotopic (exact) mass is 614 g/mol. The van der Waals surface area contributed by atoms with Crippen molar-refractivity contribution in [2.75, 3.05) is 39.4 Å². The van der Waals surface area contributed by atoms with Gasteiger partial charge < -0.3 is 19.9 Å². The Kier molecular flexibility index (Phi) is 19.1. The van der Waals surface area contributed by atoms with Gasteiger partial charge in [0.2, 0.25) is 6.41 Å². The van der Waals surface area contributed by atoms with Crippen LogP contribution in [0.4, 0.5) is 4.39 Å². The molecular weight excluding hydrogens is 563 g/mol. The molecule has 1 atom stereocenters. The molecule has 43 heavy (non-hydrogen) atoms. The molecular formula is C35H52ClFN4O2. The minimum Gasteiger partial charge on any atom is -0.379 e. The summed E-state index contributed by atoms with van der Waals surface area (Å²) < 4.78 is 17.6. The molecule has 6 nitrogen and oxygen atoms in total. The zero-order valence-corrected chi connectivity index (χ0v) is 28.0. The highest BCUT2D eigenvalue weighted by atomic mass is 35.5. The first-order valence-electron chi connectivity index (χ1n) is 15.3. The quantitative estimate of drug-likeness (QED) is 0.257. The van der Waals surface area contributed by atoms with Gasteiger partial charge in [-0.05, 0) is 82.7 Å². The number of halogens is 2. The molecule has 238 valence electrons. The van der Waals surface area contributed by atoms with Gasteiger partial charge in [0.25, 0.3) is 0 Å². The lowest BCUT2D eigenvalue weighted by atomic mass is 10.0. The minimum atomic E-state index is -0.160. The number of nitrogens with zero attached hydrogens (tertiary/aromatic N) is 2. The molecule has 2 aliphatic rings. The third kappa shape index (κ3) is 14.3. The van der Waals surface area contributed by atoms with E-state index in [9.17, 15) is 9.18 Å². The van der Waals surface area contributed by atoms with Gasteiger partial charge in [0.1, 0.15) is 5.82 Å². The number of aromatic nitrogens is 1. The van der Waals surface area contributed by atoms with Gasteiger partial charge in [0, 0.05) is 54.2 Å². The van der Waals surface area contributed by atoms with Crippen LogP contribution in [0, 0.1) is 24.6 Å². The third-order valence-electron chi connectivity index (χ3n) is 7.16. The third-order valence-corrected chi connectivity index (χ3v) is 7.27. The lowest BCUT2D eigenvalue weighted by molar-refractivity contribution is -0.110. The molecule has 2 aromatic rings. The van der Waals surface area contributed by atoms with E-state index >= 15 is 0 Å². The molecule has 2 fully saturated rings. The summed E-state index contributed by atoms with van der Waals surface area (Å²) in [6.07, 6.45) is 5.97. The number of nitrogens with one attached hydrogen (secondary N) is 2. The molecule has 1 amide bonds. The zero-order valence-electron chi connectivity index (χ0n) is 27.2. The smallest absolute Gasteiger partial charge is 0.207 e. The van der Waals surface area contributed by atoms with Crippen molar-refractivity contribution in [1.29, 1.82) is 0 Å². The van der Waals surface area contributed by atoms with Crippen LogP contribution in [0.2, 0.25) is 0 Å². The summed E-state index contributed by atoms with van der Waals surface area (Å²) in [4.78, 5) is 18.5. The lowest BCUT2D eigenvalue weighted by Gasteiger charge is -2.42. The number of rotatable bonds is 7. The fourth-order valence-electron chi connectivity index (χ4n) is 4.82. The fraction of sp³-hybridized carbons (Fsp3) is 0.514. The number of hydrogen-bond donors (Lipinski definition) is 2. The van der Waals surface area contributed by atoms with Crippen LogP contribution in [0.25, 0.3) is 6.08 Å². The van der Waals surface area contributed by atoms with Gasteiger partial charge in [-0.3, -0.25) is 9.69 Å². The van der Waals surface area contributed by atoms with Gasteiger partial charge in [0.05, 0.1) is 24.9 Å². The number of carbonyl (C=O) groups excluding carboxylic acids is 1. The van der Waals surface area contributed by atoms with E-state index in [2.05, 4.69) is 38.5 Å². The van der Waals surface area contributed by atoms with E-state index in [1.54, 1.807) is 12.1 Å². The maximum Gasteiger partial charge on any atom is 0.207 e. The molecule has 0 bridgehead atoms. The predicted molar refractivity (Wildman–Crippen MR) is 180 cm³/mol. The SMILES string of the molecule is C=C(C(C)NC=O)N1CCC(N2CCOCC2)CC1.CC.CC#Cc1[nH]c(C)cc1/C=C(\C)Cl.CCc1ccc(F)cc1. The van der Waals surface area contributed by atoms with Crippen molar-refractivity contribution in [3.63, 3.8) is 0 Å². The molecule has 3 heterocycles. The van der Waals surface area contributed by atoms with Crippen molar-refractivity contribution < 1.29 is 13.9 Å². The molecule has 1 aromatic heterocycles. The van der Waals surface area contributed by atoms with Crippen LogP contribution in [0.3, 0.4) is 0 Å². The normalized spacial score (nSPS) is 16.0. The van der Waals surface area contributed by atoms with Gasteiger partial charge in [-0.1, -0.05) is 57.0 Å². The number of amides is 1. The van der Waals surface area contributed by atoms with Gasteiger partial charge in [-0.15, -0.1) is 0 Å². The van der Waals surface area contributed by atoms with Crippen LogP contribution in [-0.4, -0.2) is 72.7 Å². The van der Waals surface area contributed by atoms with E-state index in [0.29, 0.717) is 6.04 Å². The summed E-state index contributed by atoms with van der Waals surface area (Å²) in [7, 11) is 0. The largest absolute Gasteiger partial charge is 0.379 e. The second-order valence-corrected chi connectivity index (χ2v) is 10.8. The molecule has 0 radical (unpaired) electrons. The Balaban J connectivity index is 0.000000334. The van der Waals surface area contributed by atoms with E-state index < -0.39 is 0 Å². The van der Waals surface area contributed by atoms with Crippen LogP contribution in [0.5, 0.6) is 0 Å². The van der Waals surface area contributed by atoms with Crippen LogP contribution < -0.4 is 5.32 Å². The number of likely N-dealkylation sites (tertiary alicyclic amines) is 1. The first kappa shape index (κ1) is 38.0. The Morgan fingerprint density at radius 3 is 2.33 bits per heavy atom. The molecule has 1 aromatic carbocycles. The molecule has 0 saturated carbocycles. The Hall–Kier alpha value is -3.05. The maximum atomic E-state index is 12.2. The average Bonchev–Trinajstić information content (AvgIpc) is 3.37. The van der Waals surface area contributed by atoms with Crippen LogP contribution >= 0.6 is 11.6 Å².